The number of aromatic nitrogens is 4. The lowest BCUT2D eigenvalue weighted by Crippen LogP contribution is -2.01. The minimum absolute atomic E-state index is 0.485. The molecule has 2 aromatic heterocycles. The van der Waals surface area contributed by atoms with Gasteiger partial charge in [0.25, 0.3) is 0 Å². The van der Waals surface area contributed by atoms with Gasteiger partial charge in [0.1, 0.15) is 5.69 Å². The minimum Gasteiger partial charge on any atom is -0.259 e. The predicted molar refractivity (Wildman–Crippen MR) is 78.8 cm³/mol. The Kier molecular flexibility index (Phi) is 3.67. The summed E-state index contributed by atoms with van der Waals surface area (Å²) in [6.45, 7) is 0.562. The molecular formula is C14H10Cl2N4. The fraction of sp³-hybridized carbons (Fsp3) is 0.0714. The van der Waals surface area contributed by atoms with Crippen LogP contribution in [0.4, 0.5) is 0 Å². The number of pyridine rings is 1. The molecule has 0 unspecified atom stereocenters. The van der Waals surface area contributed by atoms with Gasteiger partial charge < -0.3 is 0 Å². The molecule has 4 nitrogen and oxygen atoms in total. The van der Waals surface area contributed by atoms with Gasteiger partial charge in [0.05, 0.1) is 28.5 Å². The summed E-state index contributed by atoms with van der Waals surface area (Å²) in [7, 11) is 0. The van der Waals surface area contributed by atoms with Crippen molar-refractivity contribution >= 4 is 23.2 Å². The minimum atomic E-state index is 0.485. The van der Waals surface area contributed by atoms with E-state index >= 15 is 0 Å². The Bertz CT molecular complexity index is 725. The summed E-state index contributed by atoms with van der Waals surface area (Å²) in [6, 6.07) is 11.2. The lowest BCUT2D eigenvalue weighted by Gasteiger charge is -2.01. The first-order valence-electron chi connectivity index (χ1n) is 5.98. The van der Waals surface area contributed by atoms with Gasteiger partial charge in [0.15, 0.2) is 0 Å². The quantitative estimate of drug-likeness (QED) is 0.741. The molecule has 0 atom stereocenters. The average Bonchev–Trinajstić information content (AvgIpc) is 2.91. The van der Waals surface area contributed by atoms with Gasteiger partial charge in [-0.25, -0.2) is 4.68 Å². The molecule has 0 saturated heterocycles. The summed E-state index contributed by atoms with van der Waals surface area (Å²) in [4.78, 5) is 4.25. The molecule has 1 aromatic carbocycles. The van der Waals surface area contributed by atoms with Crippen molar-refractivity contribution in [1.82, 2.24) is 20.0 Å². The van der Waals surface area contributed by atoms with Crippen LogP contribution in [0.1, 0.15) is 5.69 Å². The van der Waals surface area contributed by atoms with Gasteiger partial charge >= 0.3 is 0 Å². The van der Waals surface area contributed by atoms with Gasteiger partial charge in [0.2, 0.25) is 0 Å². The van der Waals surface area contributed by atoms with E-state index < -0.39 is 0 Å². The van der Waals surface area contributed by atoms with Crippen molar-refractivity contribution in [3.63, 3.8) is 0 Å². The first-order valence-corrected chi connectivity index (χ1v) is 6.74. The maximum atomic E-state index is 6.18. The molecule has 0 fully saturated rings. The highest BCUT2D eigenvalue weighted by Gasteiger charge is 2.10. The van der Waals surface area contributed by atoms with Crippen molar-refractivity contribution in [2.75, 3.05) is 0 Å². The second-order valence-corrected chi connectivity index (χ2v) is 5.01. The van der Waals surface area contributed by atoms with Gasteiger partial charge in [-0.15, -0.1) is 5.10 Å². The van der Waals surface area contributed by atoms with Gasteiger partial charge in [0, 0.05) is 11.8 Å². The number of halogens is 2. The maximum absolute atomic E-state index is 6.18. The average molecular weight is 305 g/mol. The molecule has 0 aliphatic rings. The molecule has 100 valence electrons. The molecule has 0 amide bonds. The molecule has 0 radical (unpaired) electrons. The zero-order valence-electron chi connectivity index (χ0n) is 10.4. The Hall–Kier alpha value is -1.91. The van der Waals surface area contributed by atoms with Gasteiger partial charge in [-0.2, -0.15) is 0 Å². The van der Waals surface area contributed by atoms with Gasteiger partial charge in [-0.1, -0.05) is 46.6 Å². The van der Waals surface area contributed by atoms with Crippen molar-refractivity contribution in [2.24, 2.45) is 0 Å². The molecule has 0 bridgehead atoms. The molecule has 3 rings (SSSR count). The molecule has 0 N–H and O–H groups in total. The Labute approximate surface area is 126 Å². The number of rotatable bonds is 3. The van der Waals surface area contributed by atoms with Crippen molar-refractivity contribution in [3.8, 4) is 11.3 Å². The van der Waals surface area contributed by atoms with E-state index in [2.05, 4.69) is 15.3 Å². The van der Waals surface area contributed by atoms with Crippen LogP contribution >= 0.6 is 23.2 Å². The molecular weight excluding hydrogens is 295 g/mol. The molecule has 20 heavy (non-hydrogen) atoms. The van der Waals surface area contributed by atoms with Crippen LogP contribution in [0.5, 0.6) is 0 Å². The predicted octanol–water partition coefficient (Wildman–Crippen LogP) is 3.70. The number of nitrogens with zero attached hydrogens (tertiary/aromatic N) is 4. The van der Waals surface area contributed by atoms with E-state index in [-0.39, 0.29) is 0 Å². The third-order valence-electron chi connectivity index (χ3n) is 2.82. The van der Waals surface area contributed by atoms with Crippen LogP contribution in [0.2, 0.25) is 10.0 Å². The van der Waals surface area contributed by atoms with E-state index in [9.17, 15) is 0 Å². The lowest BCUT2D eigenvalue weighted by molar-refractivity contribution is 0.639. The first-order chi connectivity index (χ1) is 9.74. The van der Waals surface area contributed by atoms with E-state index in [1.807, 2.05) is 36.5 Å². The van der Waals surface area contributed by atoms with Crippen molar-refractivity contribution < 1.29 is 0 Å². The smallest absolute Gasteiger partial charge is 0.114 e. The maximum Gasteiger partial charge on any atom is 0.114 e. The van der Waals surface area contributed by atoms with E-state index in [0.29, 0.717) is 22.3 Å². The summed E-state index contributed by atoms with van der Waals surface area (Å²) in [5, 5.41) is 9.20. The number of hydrogen-bond donors (Lipinski definition) is 0. The van der Waals surface area contributed by atoms with Gasteiger partial charge in [-0.05, 0) is 18.2 Å². The zero-order chi connectivity index (χ0) is 13.9. The monoisotopic (exact) mass is 304 g/mol. The Morgan fingerprint density at radius 3 is 2.75 bits per heavy atom. The van der Waals surface area contributed by atoms with Crippen LogP contribution in [0.15, 0.2) is 48.8 Å². The summed E-state index contributed by atoms with van der Waals surface area (Å²) in [6.07, 6.45) is 3.58. The summed E-state index contributed by atoms with van der Waals surface area (Å²) in [5.74, 6) is 0. The Morgan fingerprint density at radius 2 is 1.95 bits per heavy atom. The first kappa shape index (κ1) is 13.1. The molecule has 6 heteroatoms. The van der Waals surface area contributed by atoms with Crippen LogP contribution in [0, 0.1) is 0 Å². The van der Waals surface area contributed by atoms with E-state index in [0.717, 1.165) is 11.3 Å². The number of hydrogen-bond acceptors (Lipinski definition) is 3. The molecule has 0 aliphatic carbocycles. The second kappa shape index (κ2) is 5.61. The van der Waals surface area contributed by atoms with E-state index in [1.165, 1.54) is 0 Å². The van der Waals surface area contributed by atoms with Crippen molar-refractivity contribution in [2.45, 2.75) is 6.54 Å². The zero-order valence-corrected chi connectivity index (χ0v) is 11.9. The second-order valence-electron chi connectivity index (χ2n) is 4.22. The largest absolute Gasteiger partial charge is 0.259 e. The summed E-state index contributed by atoms with van der Waals surface area (Å²) < 4.78 is 1.72. The molecule has 0 spiro atoms. The fourth-order valence-electron chi connectivity index (χ4n) is 1.86. The third-order valence-corrected chi connectivity index (χ3v) is 3.64. The highest BCUT2D eigenvalue weighted by atomic mass is 35.5. The molecule has 0 aliphatic heterocycles. The van der Waals surface area contributed by atoms with Crippen molar-refractivity contribution in [3.05, 3.63) is 64.5 Å². The summed E-state index contributed by atoms with van der Waals surface area (Å²) >= 11 is 12.2. The highest BCUT2D eigenvalue weighted by molar-refractivity contribution is 6.43. The van der Waals surface area contributed by atoms with Crippen LogP contribution < -0.4 is 0 Å². The van der Waals surface area contributed by atoms with Crippen LogP contribution in [0.25, 0.3) is 11.3 Å². The van der Waals surface area contributed by atoms with Crippen LogP contribution in [-0.2, 0) is 6.54 Å². The summed E-state index contributed by atoms with van der Waals surface area (Å²) in [5.41, 5.74) is 2.38. The molecule has 2 heterocycles. The third kappa shape index (κ3) is 2.66. The standard InChI is InChI=1S/C14H10Cl2N4/c15-12-6-3-5-11(14(12)16)13-9-20(19-18-13)8-10-4-1-2-7-17-10/h1-7,9H,8H2. The molecule has 3 aromatic rings. The van der Waals surface area contributed by atoms with Crippen LogP contribution in [-0.4, -0.2) is 20.0 Å². The SMILES string of the molecule is Clc1cccc(-c2cn(Cc3ccccn3)nn2)c1Cl. The lowest BCUT2D eigenvalue weighted by atomic mass is 10.2. The fourth-order valence-corrected chi connectivity index (χ4v) is 2.26. The van der Waals surface area contributed by atoms with Crippen molar-refractivity contribution in [1.29, 1.82) is 0 Å². The number of benzene rings is 1. The Morgan fingerprint density at radius 1 is 1.05 bits per heavy atom. The van der Waals surface area contributed by atoms with E-state index in [1.54, 1.807) is 16.9 Å². The normalized spacial score (nSPS) is 10.7. The highest BCUT2D eigenvalue weighted by Crippen LogP contribution is 2.32. The Balaban J connectivity index is 1.89. The molecule has 0 saturated carbocycles. The topological polar surface area (TPSA) is 43.6 Å². The van der Waals surface area contributed by atoms with Crippen LogP contribution in [0.3, 0.4) is 0 Å². The van der Waals surface area contributed by atoms with E-state index in [4.69, 9.17) is 23.2 Å². The van der Waals surface area contributed by atoms with Gasteiger partial charge in [-0.3, -0.25) is 4.98 Å².